The maximum absolute atomic E-state index is 11.5. The van der Waals surface area contributed by atoms with Gasteiger partial charge in [0.25, 0.3) is 0 Å². The normalized spacial score (nSPS) is 10.8. The van der Waals surface area contributed by atoms with Crippen LogP contribution in [0.3, 0.4) is 0 Å². The molecular formula is C14H19N3O2S2. The molecule has 0 amide bonds. The molecule has 0 aliphatic heterocycles. The van der Waals surface area contributed by atoms with E-state index in [4.69, 9.17) is 4.74 Å². The number of fused-ring (bicyclic) bond motifs is 1. The molecule has 0 radical (unpaired) electrons. The highest BCUT2D eigenvalue weighted by molar-refractivity contribution is 8.00. The summed E-state index contributed by atoms with van der Waals surface area (Å²) in [5.41, 5.74) is 0. The van der Waals surface area contributed by atoms with E-state index >= 15 is 0 Å². The summed E-state index contributed by atoms with van der Waals surface area (Å²) in [4.78, 5) is 22.8. The summed E-state index contributed by atoms with van der Waals surface area (Å²) >= 11 is 3.08. The minimum Gasteiger partial charge on any atom is -0.465 e. The van der Waals surface area contributed by atoms with Crippen LogP contribution in [-0.2, 0) is 16.0 Å². The smallest absolute Gasteiger partial charge is 0.316 e. The molecule has 0 aliphatic carbocycles. The molecule has 2 aromatic rings. The Labute approximate surface area is 132 Å². The van der Waals surface area contributed by atoms with Crippen molar-refractivity contribution in [2.45, 2.75) is 32.2 Å². The van der Waals surface area contributed by atoms with Gasteiger partial charge in [-0.25, -0.2) is 9.97 Å². The topological polar surface area (TPSA) is 64.1 Å². The summed E-state index contributed by atoms with van der Waals surface area (Å²) in [5.74, 6) is 0.661. The van der Waals surface area contributed by atoms with Gasteiger partial charge in [0.2, 0.25) is 5.95 Å². The van der Waals surface area contributed by atoms with E-state index in [1.165, 1.54) is 16.6 Å². The molecule has 2 rings (SSSR count). The minimum atomic E-state index is -0.217. The van der Waals surface area contributed by atoms with Crippen LogP contribution in [0.5, 0.6) is 0 Å². The number of aromatic nitrogens is 2. The van der Waals surface area contributed by atoms with Crippen molar-refractivity contribution in [3.05, 3.63) is 10.9 Å². The lowest BCUT2D eigenvalue weighted by atomic mass is 10.3. The fourth-order valence-electron chi connectivity index (χ4n) is 1.80. The van der Waals surface area contributed by atoms with Crippen LogP contribution in [0.25, 0.3) is 10.2 Å². The van der Waals surface area contributed by atoms with Gasteiger partial charge in [-0.15, -0.1) is 11.3 Å². The number of carbonyl (C=O) groups excluding carboxylic acids is 1. The largest absolute Gasteiger partial charge is 0.465 e. The monoisotopic (exact) mass is 325 g/mol. The number of hydrogen-bond donors (Lipinski definition) is 1. The highest BCUT2D eigenvalue weighted by atomic mass is 32.2. The lowest BCUT2D eigenvalue weighted by Gasteiger charge is -2.06. The first kappa shape index (κ1) is 16.0. The van der Waals surface area contributed by atoms with Gasteiger partial charge >= 0.3 is 5.97 Å². The van der Waals surface area contributed by atoms with E-state index in [0.29, 0.717) is 12.6 Å². The molecular weight excluding hydrogens is 306 g/mol. The van der Waals surface area contributed by atoms with E-state index < -0.39 is 0 Å². The van der Waals surface area contributed by atoms with E-state index in [0.717, 1.165) is 28.2 Å². The molecule has 0 aliphatic rings. The number of aryl methyl sites for hydroxylation is 1. The Hall–Kier alpha value is -1.34. The van der Waals surface area contributed by atoms with E-state index in [9.17, 15) is 4.79 Å². The summed E-state index contributed by atoms with van der Waals surface area (Å²) in [7, 11) is 0. The first-order valence-electron chi connectivity index (χ1n) is 7.00. The van der Waals surface area contributed by atoms with Gasteiger partial charge < -0.3 is 10.1 Å². The lowest BCUT2D eigenvalue weighted by molar-refractivity contribution is -0.139. The summed E-state index contributed by atoms with van der Waals surface area (Å²) in [6.45, 7) is 7.10. The van der Waals surface area contributed by atoms with Crippen LogP contribution < -0.4 is 5.32 Å². The number of anilines is 1. The predicted octanol–water partition coefficient (Wildman–Crippen LogP) is 3.34. The second-order valence-corrected chi connectivity index (χ2v) is 6.34. The average Bonchev–Trinajstić information content (AvgIpc) is 2.88. The van der Waals surface area contributed by atoms with E-state index in [1.54, 1.807) is 18.3 Å². The van der Waals surface area contributed by atoms with Gasteiger partial charge in [-0.3, -0.25) is 4.79 Å². The molecule has 21 heavy (non-hydrogen) atoms. The van der Waals surface area contributed by atoms with Gasteiger partial charge in [-0.1, -0.05) is 18.7 Å². The van der Waals surface area contributed by atoms with Crippen molar-refractivity contribution < 1.29 is 9.53 Å². The molecule has 114 valence electrons. The molecule has 0 saturated heterocycles. The van der Waals surface area contributed by atoms with Crippen molar-refractivity contribution in [3.8, 4) is 0 Å². The molecule has 1 N–H and O–H groups in total. The standard InChI is InChI=1S/C14H19N3O2S2/c1-4-9-7-10-12(20-8-11(18)19-6-3)16-14(15-5-2)17-13(10)21-9/h7H,4-6,8H2,1-3H3,(H,15,16,17). The maximum atomic E-state index is 11.5. The summed E-state index contributed by atoms with van der Waals surface area (Å²) < 4.78 is 4.96. The van der Waals surface area contributed by atoms with E-state index in [2.05, 4.69) is 28.3 Å². The van der Waals surface area contributed by atoms with Crippen LogP contribution in [-0.4, -0.2) is 34.8 Å². The van der Waals surface area contributed by atoms with Crippen molar-refractivity contribution >= 4 is 45.2 Å². The third-order valence-electron chi connectivity index (χ3n) is 2.72. The first-order chi connectivity index (χ1) is 10.2. The van der Waals surface area contributed by atoms with Crippen LogP contribution in [0, 0.1) is 0 Å². The van der Waals surface area contributed by atoms with Crippen LogP contribution in [0.15, 0.2) is 11.1 Å². The van der Waals surface area contributed by atoms with Crippen molar-refractivity contribution in [1.29, 1.82) is 0 Å². The highest BCUT2D eigenvalue weighted by Gasteiger charge is 2.13. The zero-order chi connectivity index (χ0) is 15.2. The zero-order valence-corrected chi connectivity index (χ0v) is 14.1. The van der Waals surface area contributed by atoms with Gasteiger partial charge in [0, 0.05) is 16.8 Å². The Morgan fingerprint density at radius 2 is 2.19 bits per heavy atom. The Balaban J connectivity index is 2.29. The fraction of sp³-hybridized carbons (Fsp3) is 0.500. The Morgan fingerprint density at radius 1 is 1.38 bits per heavy atom. The molecule has 0 bridgehead atoms. The molecule has 7 heteroatoms. The van der Waals surface area contributed by atoms with Gasteiger partial charge in [0.05, 0.1) is 12.4 Å². The number of nitrogens with one attached hydrogen (secondary N) is 1. The number of ether oxygens (including phenoxy) is 1. The average molecular weight is 325 g/mol. The molecule has 0 unspecified atom stereocenters. The quantitative estimate of drug-likeness (QED) is 0.478. The number of nitrogens with zero attached hydrogens (tertiary/aromatic N) is 2. The van der Waals surface area contributed by atoms with Crippen LogP contribution >= 0.6 is 23.1 Å². The van der Waals surface area contributed by atoms with Gasteiger partial charge in [0.15, 0.2) is 0 Å². The number of carbonyl (C=O) groups is 1. The van der Waals surface area contributed by atoms with Crippen LogP contribution in [0.4, 0.5) is 5.95 Å². The van der Waals surface area contributed by atoms with Gasteiger partial charge in [-0.2, -0.15) is 0 Å². The fourth-order valence-corrected chi connectivity index (χ4v) is 3.63. The van der Waals surface area contributed by atoms with Crippen LogP contribution in [0.2, 0.25) is 0 Å². The summed E-state index contributed by atoms with van der Waals surface area (Å²) in [6.07, 6.45) is 0.972. The van der Waals surface area contributed by atoms with Gasteiger partial charge in [0.1, 0.15) is 9.86 Å². The SMILES string of the molecule is CCNc1nc(SCC(=O)OCC)c2cc(CC)sc2n1. The minimum absolute atomic E-state index is 0.217. The van der Waals surface area contributed by atoms with Gasteiger partial charge in [-0.05, 0) is 26.3 Å². The Kier molecular flexibility index (Phi) is 5.81. The second-order valence-electron chi connectivity index (χ2n) is 4.26. The molecule has 5 nitrogen and oxygen atoms in total. The van der Waals surface area contributed by atoms with Crippen molar-refractivity contribution in [2.75, 3.05) is 24.2 Å². The van der Waals surface area contributed by atoms with Crippen molar-refractivity contribution in [1.82, 2.24) is 9.97 Å². The molecule has 0 spiro atoms. The number of esters is 1. The van der Waals surface area contributed by atoms with Crippen LogP contribution in [0.1, 0.15) is 25.6 Å². The Morgan fingerprint density at radius 3 is 2.86 bits per heavy atom. The number of rotatable bonds is 7. The zero-order valence-electron chi connectivity index (χ0n) is 12.4. The highest BCUT2D eigenvalue weighted by Crippen LogP contribution is 2.32. The predicted molar refractivity (Wildman–Crippen MR) is 88.3 cm³/mol. The third-order valence-corrected chi connectivity index (χ3v) is 4.86. The summed E-state index contributed by atoms with van der Waals surface area (Å²) in [5, 5.41) is 4.99. The summed E-state index contributed by atoms with van der Waals surface area (Å²) in [6, 6.07) is 2.11. The van der Waals surface area contributed by atoms with Crippen molar-refractivity contribution in [2.24, 2.45) is 0 Å². The molecule has 0 fully saturated rings. The number of thioether (sulfide) groups is 1. The van der Waals surface area contributed by atoms with E-state index in [-0.39, 0.29) is 11.7 Å². The number of thiophene rings is 1. The first-order valence-corrected chi connectivity index (χ1v) is 8.80. The lowest BCUT2D eigenvalue weighted by Crippen LogP contribution is -2.07. The molecule has 0 saturated carbocycles. The van der Waals surface area contributed by atoms with Crippen molar-refractivity contribution in [3.63, 3.8) is 0 Å². The second kappa shape index (κ2) is 7.61. The number of hydrogen-bond acceptors (Lipinski definition) is 7. The third kappa shape index (κ3) is 4.07. The molecule has 0 atom stereocenters. The molecule has 0 aromatic carbocycles. The maximum Gasteiger partial charge on any atom is 0.316 e. The Bertz CT molecular complexity index is 628. The molecule has 2 aromatic heterocycles. The molecule has 2 heterocycles. The van der Waals surface area contributed by atoms with E-state index in [1.807, 2.05) is 6.92 Å².